The molecule has 6 atom stereocenters. The minimum Gasteiger partial charge on any atom is -0.457 e. The van der Waals surface area contributed by atoms with E-state index >= 15 is 0 Å². The maximum Gasteiger partial charge on any atom is 0.397 e. The molecule has 1 fully saturated rings. The van der Waals surface area contributed by atoms with Crippen molar-refractivity contribution in [1.82, 2.24) is 0 Å². The van der Waals surface area contributed by atoms with Crippen molar-refractivity contribution < 1.29 is 56.2 Å². The van der Waals surface area contributed by atoms with E-state index in [1.807, 2.05) is 12.2 Å². The third-order valence-corrected chi connectivity index (χ3v) is 10.5. The van der Waals surface area contributed by atoms with Gasteiger partial charge >= 0.3 is 16.4 Å². The highest BCUT2D eigenvalue weighted by atomic mass is 32.3. The van der Waals surface area contributed by atoms with Crippen LogP contribution in [0.1, 0.15) is 155 Å². The van der Waals surface area contributed by atoms with Crippen LogP contribution in [0.3, 0.4) is 0 Å². The largest absolute Gasteiger partial charge is 0.457 e. The summed E-state index contributed by atoms with van der Waals surface area (Å²) in [4.78, 5) is 12.8. The van der Waals surface area contributed by atoms with Gasteiger partial charge in [-0.15, -0.1) is 0 Å². The van der Waals surface area contributed by atoms with Crippen LogP contribution in [0.5, 0.6) is 0 Å². The summed E-state index contributed by atoms with van der Waals surface area (Å²) >= 11 is 0. The van der Waals surface area contributed by atoms with Crippen molar-refractivity contribution in [2.45, 2.75) is 192 Å². The van der Waals surface area contributed by atoms with Gasteiger partial charge in [0.1, 0.15) is 30.5 Å². The van der Waals surface area contributed by atoms with Crippen LogP contribution in [0.2, 0.25) is 0 Å². The first-order chi connectivity index (χ1) is 30.1. The first-order valence-electron chi connectivity index (χ1n) is 23.3. The number of unbranched alkanes of at least 4 members (excludes halogenated alkanes) is 12. The second-order valence-corrected chi connectivity index (χ2v) is 16.7. The molecule has 13 heteroatoms. The number of aliphatic hydroxyl groups excluding tert-OH is 3. The normalized spacial score (nSPS) is 20.8. The lowest BCUT2D eigenvalue weighted by Crippen LogP contribution is -2.60. The molecule has 4 N–H and O–H groups in total. The van der Waals surface area contributed by atoms with Gasteiger partial charge in [0, 0.05) is 13.0 Å². The van der Waals surface area contributed by atoms with Crippen molar-refractivity contribution in [2.24, 2.45) is 0 Å². The summed E-state index contributed by atoms with van der Waals surface area (Å²) in [5.41, 5.74) is 0. The van der Waals surface area contributed by atoms with Gasteiger partial charge in [0.2, 0.25) is 0 Å². The molecule has 1 aliphatic heterocycles. The Kier molecular flexibility index (Phi) is 36.8. The molecular weight excluding hydrogens is 813 g/mol. The van der Waals surface area contributed by atoms with Crippen LogP contribution in [-0.4, -0.2) is 97.5 Å². The summed E-state index contributed by atoms with van der Waals surface area (Å²) in [5, 5.41) is 30.7. The SMILES string of the molecule is CC/C=C\C/C=C\C/C=C\C/C=C\CCC(=O)OC(COCCCCCCCCC/C=C\C/C=C\C/C=C\CCCCCCC)COC1OC(CO)C(O)C(OS(=O)(=O)O)C1O. The third-order valence-electron chi connectivity index (χ3n) is 10.0. The van der Waals surface area contributed by atoms with Crippen molar-refractivity contribution in [1.29, 1.82) is 0 Å². The molecule has 1 rings (SSSR count). The Morgan fingerprint density at radius 2 is 1.11 bits per heavy atom. The summed E-state index contributed by atoms with van der Waals surface area (Å²) < 4.78 is 58.9. The van der Waals surface area contributed by atoms with Crippen LogP contribution >= 0.6 is 0 Å². The second kappa shape index (κ2) is 39.8. The zero-order chi connectivity index (χ0) is 45.4. The van der Waals surface area contributed by atoms with Crippen LogP contribution in [-0.2, 0) is 38.3 Å². The summed E-state index contributed by atoms with van der Waals surface area (Å²) in [6.07, 6.45) is 43.5. The van der Waals surface area contributed by atoms with E-state index in [2.05, 4.69) is 90.9 Å². The summed E-state index contributed by atoms with van der Waals surface area (Å²) in [5.74, 6) is -0.486. The zero-order valence-corrected chi connectivity index (χ0v) is 38.7. The maximum absolute atomic E-state index is 12.8. The molecule has 0 aromatic carbocycles. The Hall–Kier alpha value is -2.72. The first kappa shape index (κ1) is 57.3. The third kappa shape index (κ3) is 32.9. The smallest absolute Gasteiger partial charge is 0.397 e. The highest BCUT2D eigenvalue weighted by Gasteiger charge is 2.48. The number of esters is 1. The summed E-state index contributed by atoms with van der Waals surface area (Å²) in [7, 11) is -5.08. The first-order valence-corrected chi connectivity index (χ1v) is 24.7. The van der Waals surface area contributed by atoms with E-state index < -0.39 is 59.8 Å². The van der Waals surface area contributed by atoms with Crippen molar-refractivity contribution >= 4 is 16.4 Å². The number of allylic oxidation sites excluding steroid dienone is 14. The summed E-state index contributed by atoms with van der Waals surface area (Å²) in [6.45, 7) is 3.72. The molecule has 6 unspecified atom stereocenters. The van der Waals surface area contributed by atoms with Gasteiger partial charge in [0.15, 0.2) is 6.29 Å². The standard InChI is InChI=1S/C49H82O12S/c1-3-5-7-9-11-13-15-17-18-19-20-21-22-23-24-25-27-29-31-33-35-37-39-57-41-43(42-58-49-47(53)48(61-62(54,55)56)46(52)44(40-50)60-49)59-45(51)38-36-34-32-30-28-26-16-14-12-10-8-6-4-2/h6,8,12,14-15,17,19-20,22-23,26,28,32,34,43-44,46-50,52-53H,3-5,7,9-11,13,16,18,21,24-25,27,29-31,33,35-42H2,1-2H3,(H,54,55,56)/b8-6-,14-12-,17-15-,20-19-,23-22-,28-26-,34-32-. The number of ether oxygens (including phenoxy) is 4. The zero-order valence-electron chi connectivity index (χ0n) is 37.9. The Bertz CT molecular complexity index is 1400. The molecule has 12 nitrogen and oxygen atoms in total. The van der Waals surface area contributed by atoms with Gasteiger partial charge in [-0.05, 0) is 77.0 Å². The molecule has 356 valence electrons. The van der Waals surface area contributed by atoms with Crippen LogP contribution < -0.4 is 0 Å². The molecule has 0 aliphatic carbocycles. The number of carbonyl (C=O) groups excluding carboxylic acids is 1. The van der Waals surface area contributed by atoms with E-state index in [0.29, 0.717) is 13.0 Å². The number of hydrogen-bond acceptors (Lipinski definition) is 11. The fourth-order valence-corrected chi connectivity index (χ4v) is 7.02. The topological polar surface area (TPSA) is 178 Å². The van der Waals surface area contributed by atoms with Gasteiger partial charge < -0.3 is 34.3 Å². The van der Waals surface area contributed by atoms with Gasteiger partial charge in [-0.2, -0.15) is 8.42 Å². The highest BCUT2D eigenvalue weighted by molar-refractivity contribution is 7.80. The van der Waals surface area contributed by atoms with Gasteiger partial charge in [-0.3, -0.25) is 9.35 Å². The lowest BCUT2D eigenvalue weighted by atomic mass is 9.99. The molecule has 1 saturated heterocycles. The molecular formula is C49H82O12S. The number of rotatable bonds is 39. The Labute approximate surface area is 374 Å². The lowest BCUT2D eigenvalue weighted by molar-refractivity contribution is -0.301. The fourth-order valence-electron chi connectivity index (χ4n) is 6.52. The van der Waals surface area contributed by atoms with Crippen molar-refractivity contribution in [2.75, 3.05) is 26.4 Å². The van der Waals surface area contributed by atoms with E-state index in [1.54, 1.807) is 0 Å². The number of hydrogen-bond donors (Lipinski definition) is 4. The van der Waals surface area contributed by atoms with E-state index in [0.717, 1.165) is 70.6 Å². The van der Waals surface area contributed by atoms with Gasteiger partial charge in [-0.1, -0.05) is 157 Å². The molecule has 0 radical (unpaired) electrons. The Morgan fingerprint density at radius 3 is 1.63 bits per heavy atom. The minimum atomic E-state index is -5.08. The monoisotopic (exact) mass is 895 g/mol. The van der Waals surface area contributed by atoms with Gasteiger partial charge in [0.05, 0.1) is 19.8 Å². The predicted molar refractivity (Wildman–Crippen MR) is 248 cm³/mol. The van der Waals surface area contributed by atoms with E-state index in [9.17, 15) is 28.5 Å². The molecule has 0 amide bonds. The summed E-state index contributed by atoms with van der Waals surface area (Å²) in [6, 6.07) is 0. The fraction of sp³-hybridized carbons (Fsp3) is 0.694. The Balaban J connectivity index is 2.43. The average Bonchev–Trinajstić information content (AvgIpc) is 3.24. The minimum absolute atomic E-state index is 0.00482. The van der Waals surface area contributed by atoms with E-state index in [-0.39, 0.29) is 19.6 Å². The van der Waals surface area contributed by atoms with E-state index in [4.69, 9.17) is 23.5 Å². The van der Waals surface area contributed by atoms with Crippen LogP contribution in [0.15, 0.2) is 85.1 Å². The molecule has 0 aromatic rings. The number of aliphatic hydroxyl groups is 3. The van der Waals surface area contributed by atoms with Crippen LogP contribution in [0.4, 0.5) is 0 Å². The average molecular weight is 895 g/mol. The molecule has 0 saturated carbocycles. The maximum atomic E-state index is 12.8. The highest BCUT2D eigenvalue weighted by Crippen LogP contribution is 2.26. The molecule has 0 spiro atoms. The van der Waals surface area contributed by atoms with E-state index in [1.165, 1.54) is 57.8 Å². The molecule has 62 heavy (non-hydrogen) atoms. The number of carbonyl (C=O) groups is 1. The van der Waals surface area contributed by atoms with Gasteiger partial charge in [0.25, 0.3) is 0 Å². The molecule has 0 aromatic heterocycles. The van der Waals surface area contributed by atoms with Crippen LogP contribution in [0.25, 0.3) is 0 Å². The molecule has 0 bridgehead atoms. The van der Waals surface area contributed by atoms with Crippen LogP contribution in [0, 0.1) is 0 Å². The molecule has 1 aliphatic rings. The molecule has 1 heterocycles. The second-order valence-electron chi connectivity index (χ2n) is 15.6. The predicted octanol–water partition coefficient (Wildman–Crippen LogP) is 10.1. The Morgan fingerprint density at radius 1 is 0.629 bits per heavy atom. The van der Waals surface area contributed by atoms with Crippen molar-refractivity contribution in [3.8, 4) is 0 Å². The van der Waals surface area contributed by atoms with Crippen molar-refractivity contribution in [3.05, 3.63) is 85.1 Å². The van der Waals surface area contributed by atoms with Crippen molar-refractivity contribution in [3.63, 3.8) is 0 Å². The van der Waals surface area contributed by atoms with Gasteiger partial charge in [-0.25, -0.2) is 4.18 Å². The lowest BCUT2D eigenvalue weighted by Gasteiger charge is -2.41. The quantitative estimate of drug-likeness (QED) is 0.0199.